The molecule has 1 nitrogen and oxygen atoms in total. The van der Waals surface area contributed by atoms with Gasteiger partial charge in [-0.25, -0.2) is 0 Å². The van der Waals surface area contributed by atoms with E-state index in [1.165, 1.54) is 0 Å². The minimum absolute atomic E-state index is 1.62. The molecule has 0 atom stereocenters. The summed E-state index contributed by atoms with van der Waals surface area (Å²) in [5.74, 6) is -3.56. The third kappa shape index (κ3) is 5.44. The fourth-order valence-electron chi connectivity index (χ4n) is 0.505. The molecule has 0 aromatic rings. The first kappa shape index (κ1) is 14.6. The maximum Gasteiger partial charge on any atom is 0.402 e. The molecule has 0 aliphatic carbocycles. The van der Waals surface area contributed by atoms with Crippen LogP contribution in [0.4, 0.5) is 26.3 Å². The minimum atomic E-state index is -5.42. The van der Waals surface area contributed by atoms with Crippen LogP contribution in [0.2, 0.25) is 0 Å². The van der Waals surface area contributed by atoms with Crippen LogP contribution in [0.1, 0.15) is 0 Å². The van der Waals surface area contributed by atoms with Crippen molar-refractivity contribution in [3.8, 4) is 0 Å². The Hall–Kier alpha value is 0.550. The molecule has 0 aromatic heterocycles. The van der Waals surface area contributed by atoms with Crippen LogP contribution < -0.4 is 0 Å². The van der Waals surface area contributed by atoms with E-state index in [1.54, 1.807) is 0 Å². The predicted octanol–water partition coefficient (Wildman–Crippen LogP) is 4.45. The third-order valence-electron chi connectivity index (χ3n) is 1.13. The first-order chi connectivity index (χ1) is 6.05. The summed E-state index contributed by atoms with van der Waals surface area (Å²) in [6, 6.07) is 0. The van der Waals surface area contributed by atoms with Crippen LogP contribution in [-0.2, 0) is 4.52 Å². The molecular weight excluding hydrogens is 280 g/mol. The summed E-state index contributed by atoms with van der Waals surface area (Å²) >= 11 is 9.79. The standard InChI is InChI=1S/C4H3Cl2F6OP/c5-14(6)13-1-2(3(7,8)9)4(10,11)12/h2H,1H2. The molecule has 0 bridgehead atoms. The fourth-order valence-corrected chi connectivity index (χ4v) is 1.11. The lowest BCUT2D eigenvalue weighted by molar-refractivity contribution is -0.289. The second-order valence-corrected chi connectivity index (χ2v) is 5.16. The largest absolute Gasteiger partial charge is 0.402 e. The lowest BCUT2D eigenvalue weighted by Gasteiger charge is -2.22. The number of rotatable bonds is 3. The summed E-state index contributed by atoms with van der Waals surface area (Å²) in [6.07, 6.45) is -10.8. The molecule has 0 aliphatic rings. The molecular formula is C4H3Cl2F6OP. The number of hydrogen-bond acceptors (Lipinski definition) is 1. The Kier molecular flexibility index (Phi) is 5.25. The second kappa shape index (κ2) is 5.05. The molecule has 0 amide bonds. The van der Waals surface area contributed by atoms with Crippen molar-refractivity contribution in [3.63, 3.8) is 0 Å². The zero-order valence-electron chi connectivity index (χ0n) is 6.16. The predicted molar refractivity (Wildman–Crippen MR) is 40.2 cm³/mol. The molecule has 0 saturated carbocycles. The number of hydrogen-bond donors (Lipinski definition) is 0. The van der Waals surface area contributed by atoms with E-state index in [0.717, 1.165) is 0 Å². The topological polar surface area (TPSA) is 9.23 Å². The normalized spacial score (nSPS) is 14.1. The van der Waals surface area contributed by atoms with Gasteiger partial charge >= 0.3 is 12.4 Å². The molecule has 10 heteroatoms. The van der Waals surface area contributed by atoms with Crippen LogP contribution in [0.5, 0.6) is 0 Å². The van der Waals surface area contributed by atoms with E-state index in [4.69, 9.17) is 22.5 Å². The van der Waals surface area contributed by atoms with Crippen LogP contribution in [-0.4, -0.2) is 19.0 Å². The molecule has 14 heavy (non-hydrogen) atoms. The van der Waals surface area contributed by atoms with Crippen molar-refractivity contribution in [3.05, 3.63) is 0 Å². The van der Waals surface area contributed by atoms with Gasteiger partial charge in [-0.15, -0.1) is 0 Å². The molecule has 0 heterocycles. The van der Waals surface area contributed by atoms with Crippen LogP contribution in [0.25, 0.3) is 0 Å². The third-order valence-corrected chi connectivity index (χ3v) is 2.06. The van der Waals surface area contributed by atoms with E-state index in [9.17, 15) is 26.3 Å². The van der Waals surface area contributed by atoms with Gasteiger partial charge in [0.15, 0.2) is 5.92 Å². The van der Waals surface area contributed by atoms with Gasteiger partial charge in [-0.2, -0.15) is 26.3 Å². The van der Waals surface area contributed by atoms with Crippen molar-refractivity contribution in [2.45, 2.75) is 12.4 Å². The van der Waals surface area contributed by atoms with Crippen LogP contribution in [0.3, 0.4) is 0 Å². The van der Waals surface area contributed by atoms with E-state index in [0.29, 0.717) is 0 Å². The summed E-state index contributed by atoms with van der Waals surface area (Å²) in [5.41, 5.74) is 0. The van der Waals surface area contributed by atoms with Crippen LogP contribution in [0, 0.1) is 5.92 Å². The first-order valence-corrected chi connectivity index (χ1v) is 6.00. The van der Waals surface area contributed by atoms with Gasteiger partial charge in [0, 0.05) is 0 Å². The van der Waals surface area contributed by atoms with Gasteiger partial charge in [0.2, 0.25) is 6.85 Å². The minimum Gasteiger partial charge on any atom is -0.331 e. The SMILES string of the molecule is FC(F)(F)C(COP(Cl)Cl)C(F)(F)F. The lowest BCUT2D eigenvalue weighted by Crippen LogP contribution is -2.39. The number of alkyl halides is 6. The Morgan fingerprint density at radius 2 is 1.36 bits per heavy atom. The van der Waals surface area contributed by atoms with Gasteiger partial charge in [-0.3, -0.25) is 0 Å². The summed E-state index contributed by atoms with van der Waals surface area (Å²) in [6.45, 7) is -3.90. The summed E-state index contributed by atoms with van der Waals surface area (Å²) in [5, 5.41) is 0. The fraction of sp³-hybridized carbons (Fsp3) is 1.00. The molecule has 0 N–H and O–H groups in total. The monoisotopic (exact) mass is 282 g/mol. The van der Waals surface area contributed by atoms with Crippen molar-refractivity contribution in [1.29, 1.82) is 0 Å². The van der Waals surface area contributed by atoms with Crippen molar-refractivity contribution in [1.82, 2.24) is 0 Å². The van der Waals surface area contributed by atoms with Crippen molar-refractivity contribution in [2.24, 2.45) is 5.92 Å². The van der Waals surface area contributed by atoms with Crippen molar-refractivity contribution >= 4 is 29.3 Å². The molecule has 0 aromatic carbocycles. The van der Waals surface area contributed by atoms with Gasteiger partial charge in [0.05, 0.1) is 6.61 Å². The molecule has 0 radical (unpaired) electrons. The molecule has 86 valence electrons. The highest BCUT2D eigenvalue weighted by atomic mass is 35.9. The van der Waals surface area contributed by atoms with E-state index in [1.807, 2.05) is 0 Å². The van der Waals surface area contributed by atoms with Crippen LogP contribution >= 0.6 is 29.3 Å². The molecule has 0 unspecified atom stereocenters. The molecule has 0 fully saturated rings. The zero-order chi connectivity index (χ0) is 11.6. The quantitative estimate of drug-likeness (QED) is 0.549. The van der Waals surface area contributed by atoms with E-state index >= 15 is 0 Å². The smallest absolute Gasteiger partial charge is 0.331 e. The molecule has 0 aliphatic heterocycles. The highest BCUT2D eigenvalue weighted by Crippen LogP contribution is 2.50. The Labute approximate surface area is 85.7 Å². The van der Waals surface area contributed by atoms with Crippen molar-refractivity contribution < 1.29 is 30.9 Å². The molecule has 0 spiro atoms. The molecule has 0 rings (SSSR count). The van der Waals surface area contributed by atoms with Crippen molar-refractivity contribution in [2.75, 3.05) is 6.61 Å². The Morgan fingerprint density at radius 1 is 1.00 bits per heavy atom. The highest BCUT2D eigenvalue weighted by Gasteiger charge is 2.56. The van der Waals surface area contributed by atoms with Gasteiger partial charge in [0.1, 0.15) is 0 Å². The van der Waals surface area contributed by atoms with Gasteiger partial charge < -0.3 is 4.52 Å². The first-order valence-electron chi connectivity index (χ1n) is 2.93. The maximum absolute atomic E-state index is 11.8. The highest BCUT2D eigenvalue weighted by molar-refractivity contribution is 8.00. The number of halogens is 8. The summed E-state index contributed by atoms with van der Waals surface area (Å²) in [4.78, 5) is 0. The Morgan fingerprint density at radius 3 is 1.57 bits per heavy atom. The second-order valence-electron chi connectivity index (χ2n) is 2.13. The lowest BCUT2D eigenvalue weighted by atomic mass is 10.1. The average Bonchev–Trinajstić information content (AvgIpc) is 1.78. The van der Waals surface area contributed by atoms with Gasteiger partial charge in [0.25, 0.3) is 0 Å². The van der Waals surface area contributed by atoms with Gasteiger partial charge in [-0.1, -0.05) is 0 Å². The molecule has 0 saturated heterocycles. The van der Waals surface area contributed by atoms with E-state index in [-0.39, 0.29) is 0 Å². The summed E-state index contributed by atoms with van der Waals surface area (Å²) in [7, 11) is 0. The van der Waals surface area contributed by atoms with Crippen LogP contribution in [0.15, 0.2) is 0 Å². The zero-order valence-corrected chi connectivity index (χ0v) is 8.57. The maximum atomic E-state index is 11.8. The van der Waals surface area contributed by atoms with E-state index < -0.39 is 31.7 Å². The Bertz CT molecular complexity index is 166. The van der Waals surface area contributed by atoms with E-state index in [2.05, 4.69) is 4.52 Å². The Balaban J connectivity index is 4.44. The van der Waals surface area contributed by atoms with Gasteiger partial charge in [-0.05, 0) is 22.5 Å². The summed E-state index contributed by atoms with van der Waals surface area (Å²) < 4.78 is 74.6. The average molecular weight is 283 g/mol.